The highest BCUT2D eigenvalue weighted by molar-refractivity contribution is 5.75. The molecule has 1 aromatic carbocycles. The van der Waals surface area contributed by atoms with Crippen LogP contribution in [0, 0.1) is 20.8 Å². The van der Waals surface area contributed by atoms with Gasteiger partial charge in [-0.2, -0.15) is 0 Å². The molecule has 0 spiro atoms. The van der Waals surface area contributed by atoms with Gasteiger partial charge in [0.1, 0.15) is 12.4 Å². The molecule has 0 fully saturated rings. The Morgan fingerprint density at radius 1 is 1.18 bits per heavy atom. The van der Waals surface area contributed by atoms with Crippen LogP contribution in [0.2, 0.25) is 0 Å². The van der Waals surface area contributed by atoms with Gasteiger partial charge in [-0.1, -0.05) is 6.07 Å². The summed E-state index contributed by atoms with van der Waals surface area (Å²) in [5, 5.41) is 3.65. The zero-order valence-electron chi connectivity index (χ0n) is 10.6. The van der Waals surface area contributed by atoms with E-state index in [4.69, 9.17) is 16.2 Å². The fraction of sp³-hybridized carbons (Fsp3) is 0.417. The molecule has 1 rings (SSSR count). The van der Waals surface area contributed by atoms with Crippen molar-refractivity contribution < 1.29 is 4.74 Å². The Hall–Kier alpha value is -1.91. The van der Waals surface area contributed by atoms with Gasteiger partial charge < -0.3 is 21.6 Å². The molecule has 0 saturated heterocycles. The van der Waals surface area contributed by atoms with E-state index in [-0.39, 0.29) is 5.96 Å². The van der Waals surface area contributed by atoms with Crippen molar-refractivity contribution in [1.29, 1.82) is 0 Å². The van der Waals surface area contributed by atoms with Gasteiger partial charge in [-0.3, -0.25) is 0 Å². The number of aryl methyl sites for hydroxylation is 3. The van der Waals surface area contributed by atoms with Crippen LogP contribution in [0.3, 0.4) is 0 Å². The standard InChI is InChI=1S/C12H20N4O/c1-8-6-10(3)11(7-9(8)2)17-5-4-15-16-12(13)14/h6-7,15H,4-5H2,1-3H3,(H4,13,14,16). The van der Waals surface area contributed by atoms with Gasteiger partial charge in [0.2, 0.25) is 5.96 Å². The quantitative estimate of drug-likeness (QED) is 0.305. The molecule has 0 aliphatic carbocycles. The third-order valence-corrected chi connectivity index (χ3v) is 2.47. The van der Waals surface area contributed by atoms with Crippen molar-refractivity contribution in [3.63, 3.8) is 0 Å². The molecule has 5 heteroatoms. The van der Waals surface area contributed by atoms with Gasteiger partial charge in [-0.25, -0.2) is 0 Å². The lowest BCUT2D eigenvalue weighted by Gasteiger charge is -2.11. The molecule has 0 saturated carbocycles. The largest absolute Gasteiger partial charge is 0.491 e. The van der Waals surface area contributed by atoms with Gasteiger partial charge in [0.25, 0.3) is 0 Å². The minimum Gasteiger partial charge on any atom is -0.491 e. The molecule has 0 aromatic heterocycles. The molecule has 5 N–H and O–H groups in total. The number of nitrogens with one attached hydrogen (secondary N) is 1. The van der Waals surface area contributed by atoms with Crippen molar-refractivity contribution in [3.8, 4) is 5.75 Å². The summed E-state index contributed by atoms with van der Waals surface area (Å²) in [5.74, 6) is 0.923. The molecular weight excluding hydrogens is 216 g/mol. The Morgan fingerprint density at radius 2 is 1.82 bits per heavy atom. The predicted octanol–water partition coefficient (Wildman–Crippen LogP) is 0.769. The molecule has 0 unspecified atom stereocenters. The van der Waals surface area contributed by atoms with Crippen LogP contribution in [-0.4, -0.2) is 19.1 Å². The maximum atomic E-state index is 5.64. The van der Waals surface area contributed by atoms with E-state index >= 15 is 0 Å². The number of nitrogens with zero attached hydrogens (tertiary/aromatic N) is 1. The summed E-state index contributed by atoms with van der Waals surface area (Å²) in [4.78, 5) is 0. The summed E-state index contributed by atoms with van der Waals surface area (Å²) in [6.45, 7) is 7.27. The van der Waals surface area contributed by atoms with E-state index < -0.39 is 0 Å². The highest BCUT2D eigenvalue weighted by atomic mass is 16.5. The number of nitrogens with two attached hydrogens (primary N) is 2. The Morgan fingerprint density at radius 3 is 2.47 bits per heavy atom. The Balaban J connectivity index is 2.47. The van der Waals surface area contributed by atoms with Crippen molar-refractivity contribution in [2.24, 2.45) is 16.6 Å². The van der Waals surface area contributed by atoms with Gasteiger partial charge in [0.15, 0.2) is 0 Å². The van der Waals surface area contributed by atoms with Crippen LogP contribution < -0.4 is 21.6 Å². The summed E-state index contributed by atoms with van der Waals surface area (Å²) in [7, 11) is 0. The van der Waals surface area contributed by atoms with Crippen LogP contribution in [-0.2, 0) is 0 Å². The lowest BCUT2D eigenvalue weighted by molar-refractivity contribution is 0.313. The molecule has 0 bridgehead atoms. The Bertz CT molecular complexity index is 411. The van der Waals surface area contributed by atoms with Gasteiger partial charge in [0.05, 0.1) is 6.54 Å². The van der Waals surface area contributed by atoms with E-state index in [9.17, 15) is 0 Å². The molecule has 5 nitrogen and oxygen atoms in total. The lowest BCUT2D eigenvalue weighted by atomic mass is 10.1. The second-order valence-corrected chi connectivity index (χ2v) is 4.00. The molecular formula is C12H20N4O. The van der Waals surface area contributed by atoms with Crippen LogP contribution in [0.1, 0.15) is 16.7 Å². The summed E-state index contributed by atoms with van der Waals surface area (Å²) in [6, 6.07) is 4.17. The minimum atomic E-state index is 0.0207. The number of hydrogen-bond acceptors (Lipinski definition) is 3. The molecule has 1 aromatic rings. The molecule has 0 aliphatic rings. The van der Waals surface area contributed by atoms with Gasteiger partial charge in [-0.05, 0) is 43.5 Å². The molecule has 0 atom stereocenters. The number of benzene rings is 1. The van der Waals surface area contributed by atoms with Crippen molar-refractivity contribution in [2.75, 3.05) is 13.2 Å². The number of rotatable bonds is 5. The first-order chi connectivity index (χ1) is 8.00. The SMILES string of the molecule is Cc1cc(C)c(OCCNN=C(N)N)cc1C. The normalized spacial score (nSPS) is 9.82. The summed E-state index contributed by atoms with van der Waals surface area (Å²) >= 11 is 0. The average molecular weight is 236 g/mol. The van der Waals surface area contributed by atoms with E-state index in [2.05, 4.69) is 30.4 Å². The first kappa shape index (κ1) is 13.2. The zero-order valence-corrected chi connectivity index (χ0v) is 10.6. The topological polar surface area (TPSA) is 85.7 Å². The maximum Gasteiger partial charge on any atom is 0.208 e. The minimum absolute atomic E-state index is 0.0207. The number of guanidine groups is 1. The molecule has 94 valence electrons. The van der Waals surface area contributed by atoms with E-state index in [1.54, 1.807) is 0 Å². The monoisotopic (exact) mass is 236 g/mol. The third-order valence-electron chi connectivity index (χ3n) is 2.47. The molecule has 17 heavy (non-hydrogen) atoms. The predicted molar refractivity (Wildman–Crippen MR) is 70.0 cm³/mol. The summed E-state index contributed by atoms with van der Waals surface area (Å²) < 4.78 is 5.64. The lowest BCUT2D eigenvalue weighted by Crippen LogP contribution is -2.27. The van der Waals surface area contributed by atoms with Crippen molar-refractivity contribution in [2.45, 2.75) is 20.8 Å². The Labute approximate surface area is 102 Å². The zero-order chi connectivity index (χ0) is 12.8. The second-order valence-electron chi connectivity index (χ2n) is 4.00. The number of hydrazone groups is 1. The van der Waals surface area contributed by atoms with Gasteiger partial charge in [-0.15, -0.1) is 5.10 Å². The van der Waals surface area contributed by atoms with E-state index in [0.717, 1.165) is 11.3 Å². The Kier molecular flexibility index (Phi) is 4.63. The molecule has 0 amide bonds. The summed E-state index contributed by atoms with van der Waals surface area (Å²) in [6.07, 6.45) is 0. The smallest absolute Gasteiger partial charge is 0.208 e. The second kappa shape index (κ2) is 5.98. The summed E-state index contributed by atoms with van der Waals surface area (Å²) in [5.41, 5.74) is 16.7. The van der Waals surface area contributed by atoms with E-state index in [1.165, 1.54) is 11.1 Å². The van der Waals surface area contributed by atoms with Crippen LogP contribution in [0.4, 0.5) is 0 Å². The van der Waals surface area contributed by atoms with Crippen LogP contribution in [0.15, 0.2) is 17.2 Å². The van der Waals surface area contributed by atoms with E-state index in [1.807, 2.05) is 13.0 Å². The molecule has 0 heterocycles. The number of ether oxygens (including phenoxy) is 1. The van der Waals surface area contributed by atoms with Crippen molar-refractivity contribution >= 4 is 5.96 Å². The average Bonchev–Trinajstić information content (AvgIpc) is 2.24. The first-order valence-corrected chi connectivity index (χ1v) is 5.53. The van der Waals surface area contributed by atoms with Crippen LogP contribution >= 0.6 is 0 Å². The highest BCUT2D eigenvalue weighted by Crippen LogP contribution is 2.21. The van der Waals surface area contributed by atoms with Crippen LogP contribution in [0.5, 0.6) is 5.75 Å². The van der Waals surface area contributed by atoms with Crippen molar-refractivity contribution in [3.05, 3.63) is 28.8 Å². The van der Waals surface area contributed by atoms with Gasteiger partial charge >= 0.3 is 0 Å². The third kappa shape index (κ3) is 4.22. The van der Waals surface area contributed by atoms with Gasteiger partial charge in [0, 0.05) is 0 Å². The molecule has 0 aliphatic heterocycles. The fourth-order valence-corrected chi connectivity index (χ4v) is 1.44. The van der Waals surface area contributed by atoms with E-state index in [0.29, 0.717) is 13.2 Å². The fourth-order valence-electron chi connectivity index (χ4n) is 1.44. The first-order valence-electron chi connectivity index (χ1n) is 5.53. The molecule has 0 radical (unpaired) electrons. The number of hydrogen-bond donors (Lipinski definition) is 3. The van der Waals surface area contributed by atoms with Crippen LogP contribution in [0.25, 0.3) is 0 Å². The highest BCUT2D eigenvalue weighted by Gasteiger charge is 2.02. The maximum absolute atomic E-state index is 5.64. The van der Waals surface area contributed by atoms with Crippen molar-refractivity contribution in [1.82, 2.24) is 5.43 Å².